The van der Waals surface area contributed by atoms with Gasteiger partial charge in [-0.2, -0.15) is 5.10 Å². The van der Waals surface area contributed by atoms with Crippen molar-refractivity contribution < 1.29 is 9.47 Å². The predicted octanol–water partition coefficient (Wildman–Crippen LogP) is 3.66. The first-order chi connectivity index (χ1) is 13.7. The molecule has 2 heterocycles. The van der Waals surface area contributed by atoms with Crippen LogP contribution >= 0.6 is 0 Å². The number of nitrogens with one attached hydrogen (secondary N) is 1. The third-order valence-corrected chi connectivity index (χ3v) is 5.02. The van der Waals surface area contributed by atoms with E-state index < -0.39 is 0 Å². The second-order valence-electron chi connectivity index (χ2n) is 7.30. The first-order valence-corrected chi connectivity index (χ1v) is 9.82. The summed E-state index contributed by atoms with van der Waals surface area (Å²) in [6.45, 7) is 7.75. The van der Waals surface area contributed by atoms with Gasteiger partial charge in [0, 0.05) is 30.4 Å². The number of hydrogen-bond donors (Lipinski definition) is 1. The van der Waals surface area contributed by atoms with Crippen LogP contribution in [0.2, 0.25) is 0 Å². The lowest BCUT2D eigenvalue weighted by atomic mass is 10.1. The first kappa shape index (κ1) is 18.9. The second-order valence-corrected chi connectivity index (χ2v) is 7.30. The van der Waals surface area contributed by atoms with E-state index in [9.17, 15) is 0 Å². The third kappa shape index (κ3) is 4.33. The number of hydrogen-bond acceptors (Lipinski definition) is 4. The summed E-state index contributed by atoms with van der Waals surface area (Å²) in [6.07, 6.45) is 2.25. The smallest absolute Gasteiger partial charge is 0.0972 e. The van der Waals surface area contributed by atoms with E-state index in [-0.39, 0.29) is 6.10 Å². The van der Waals surface area contributed by atoms with Crippen molar-refractivity contribution in [1.82, 2.24) is 15.1 Å². The van der Waals surface area contributed by atoms with Crippen LogP contribution in [0.25, 0.3) is 16.9 Å². The van der Waals surface area contributed by atoms with Gasteiger partial charge >= 0.3 is 0 Å². The zero-order valence-electron chi connectivity index (χ0n) is 16.5. The summed E-state index contributed by atoms with van der Waals surface area (Å²) < 4.78 is 13.2. The molecule has 28 heavy (non-hydrogen) atoms. The minimum absolute atomic E-state index is 0.114. The topological polar surface area (TPSA) is 48.3 Å². The zero-order valence-corrected chi connectivity index (χ0v) is 16.5. The molecule has 4 rings (SSSR count). The van der Waals surface area contributed by atoms with Crippen LogP contribution < -0.4 is 5.32 Å². The molecule has 0 bridgehead atoms. The molecule has 0 unspecified atom stereocenters. The molecule has 1 aromatic heterocycles. The highest BCUT2D eigenvalue weighted by Gasteiger charge is 2.16. The summed E-state index contributed by atoms with van der Waals surface area (Å²) in [6, 6.07) is 16.8. The molecule has 0 spiro atoms. The Morgan fingerprint density at radius 3 is 2.75 bits per heavy atom. The lowest BCUT2D eigenvalue weighted by Crippen LogP contribution is -2.37. The maximum absolute atomic E-state index is 5.73. The van der Waals surface area contributed by atoms with Crippen LogP contribution in [-0.4, -0.2) is 42.2 Å². The van der Waals surface area contributed by atoms with Gasteiger partial charge in [-0.25, -0.2) is 4.68 Å². The van der Waals surface area contributed by atoms with Crippen molar-refractivity contribution in [2.75, 3.05) is 26.4 Å². The molecule has 5 heteroatoms. The highest BCUT2D eigenvalue weighted by Crippen LogP contribution is 2.25. The fourth-order valence-corrected chi connectivity index (χ4v) is 3.49. The molecule has 146 valence electrons. The van der Waals surface area contributed by atoms with Gasteiger partial charge in [-0.1, -0.05) is 42.5 Å². The van der Waals surface area contributed by atoms with Gasteiger partial charge in [-0.3, -0.25) is 0 Å². The molecule has 3 aromatic rings. The average molecular weight is 377 g/mol. The Morgan fingerprint density at radius 2 is 1.96 bits per heavy atom. The van der Waals surface area contributed by atoms with E-state index in [0.717, 1.165) is 30.0 Å². The van der Waals surface area contributed by atoms with Crippen molar-refractivity contribution in [3.05, 3.63) is 71.4 Å². The highest BCUT2D eigenvalue weighted by atomic mass is 16.6. The van der Waals surface area contributed by atoms with Gasteiger partial charge in [0.1, 0.15) is 0 Å². The minimum atomic E-state index is 0.114. The van der Waals surface area contributed by atoms with Gasteiger partial charge < -0.3 is 14.8 Å². The Balaban J connectivity index is 1.60. The van der Waals surface area contributed by atoms with Crippen molar-refractivity contribution in [3.8, 4) is 16.9 Å². The van der Waals surface area contributed by atoms with Gasteiger partial charge in [0.2, 0.25) is 0 Å². The fraction of sp³-hybridized carbons (Fsp3) is 0.348. The monoisotopic (exact) mass is 377 g/mol. The molecule has 5 nitrogen and oxygen atoms in total. The van der Waals surface area contributed by atoms with Crippen LogP contribution in [0, 0.1) is 13.8 Å². The van der Waals surface area contributed by atoms with E-state index in [1.165, 1.54) is 16.7 Å². The van der Waals surface area contributed by atoms with Gasteiger partial charge in [0.05, 0.1) is 37.3 Å². The lowest BCUT2D eigenvalue weighted by Gasteiger charge is -2.23. The summed E-state index contributed by atoms with van der Waals surface area (Å²) in [5.41, 5.74) is 6.86. The molecule has 0 radical (unpaired) electrons. The molecule has 0 amide bonds. The van der Waals surface area contributed by atoms with E-state index in [1.807, 2.05) is 10.7 Å². The maximum atomic E-state index is 5.73. The molecule has 1 N–H and O–H groups in total. The standard InChI is InChI=1S/C23H27N3O2/c1-17-8-9-18(2)22(12-17)26-15-20(13-24-14-21-16-27-10-11-28-21)23(25-26)19-6-4-3-5-7-19/h3-9,12,15,21,24H,10-11,13-14,16H2,1-2H3/t21-/m1/s1. The van der Waals surface area contributed by atoms with Crippen LogP contribution in [0.1, 0.15) is 16.7 Å². The van der Waals surface area contributed by atoms with Gasteiger partial charge in [-0.05, 0) is 31.0 Å². The van der Waals surface area contributed by atoms with Crippen molar-refractivity contribution in [1.29, 1.82) is 0 Å². The summed E-state index contributed by atoms with van der Waals surface area (Å²) >= 11 is 0. The predicted molar refractivity (Wildman–Crippen MR) is 111 cm³/mol. The van der Waals surface area contributed by atoms with Crippen LogP contribution in [0.5, 0.6) is 0 Å². The third-order valence-electron chi connectivity index (χ3n) is 5.02. The van der Waals surface area contributed by atoms with E-state index in [1.54, 1.807) is 0 Å². The average Bonchev–Trinajstić information content (AvgIpc) is 3.15. The fourth-order valence-electron chi connectivity index (χ4n) is 3.49. The van der Waals surface area contributed by atoms with Crippen LogP contribution in [-0.2, 0) is 16.0 Å². The summed E-state index contributed by atoms with van der Waals surface area (Å²) in [4.78, 5) is 0. The zero-order chi connectivity index (χ0) is 19.3. The number of rotatable bonds is 6. The molecule has 1 atom stereocenters. The highest BCUT2D eigenvalue weighted by molar-refractivity contribution is 5.63. The number of aryl methyl sites for hydroxylation is 2. The quantitative estimate of drug-likeness (QED) is 0.712. The van der Waals surface area contributed by atoms with E-state index >= 15 is 0 Å². The van der Waals surface area contributed by atoms with Crippen molar-refractivity contribution >= 4 is 0 Å². The summed E-state index contributed by atoms with van der Waals surface area (Å²) in [5, 5.41) is 8.45. The maximum Gasteiger partial charge on any atom is 0.0972 e. The van der Waals surface area contributed by atoms with Crippen LogP contribution in [0.15, 0.2) is 54.7 Å². The lowest BCUT2D eigenvalue weighted by molar-refractivity contribution is -0.0864. The molecule has 0 aliphatic carbocycles. The second kappa shape index (κ2) is 8.69. The number of benzene rings is 2. The molecular formula is C23H27N3O2. The summed E-state index contributed by atoms with van der Waals surface area (Å²) in [7, 11) is 0. The number of ether oxygens (including phenoxy) is 2. The Morgan fingerprint density at radius 1 is 1.11 bits per heavy atom. The van der Waals surface area contributed by atoms with Gasteiger partial charge in [0.15, 0.2) is 0 Å². The van der Waals surface area contributed by atoms with E-state index in [0.29, 0.717) is 19.8 Å². The molecule has 1 aliphatic rings. The van der Waals surface area contributed by atoms with Crippen LogP contribution in [0.3, 0.4) is 0 Å². The molecule has 1 fully saturated rings. The Kier molecular flexibility index (Phi) is 5.86. The normalized spacial score (nSPS) is 17.0. The first-order valence-electron chi connectivity index (χ1n) is 9.82. The van der Waals surface area contributed by atoms with Crippen molar-refractivity contribution in [2.45, 2.75) is 26.5 Å². The van der Waals surface area contributed by atoms with Crippen molar-refractivity contribution in [2.24, 2.45) is 0 Å². The Labute approximate surface area is 166 Å². The Hall–Kier alpha value is -2.47. The number of aromatic nitrogens is 2. The summed E-state index contributed by atoms with van der Waals surface area (Å²) in [5.74, 6) is 0. The largest absolute Gasteiger partial charge is 0.376 e. The molecule has 1 aliphatic heterocycles. The Bertz CT molecular complexity index is 915. The molecular weight excluding hydrogens is 350 g/mol. The van der Waals surface area contributed by atoms with Crippen molar-refractivity contribution in [3.63, 3.8) is 0 Å². The van der Waals surface area contributed by atoms with Gasteiger partial charge in [0.25, 0.3) is 0 Å². The molecule has 1 saturated heterocycles. The SMILES string of the molecule is Cc1ccc(C)c(-n2cc(CNC[C@@H]3COCCO3)c(-c3ccccc3)n2)c1. The molecule has 0 saturated carbocycles. The van der Waals surface area contributed by atoms with E-state index in [4.69, 9.17) is 14.6 Å². The minimum Gasteiger partial charge on any atom is -0.376 e. The van der Waals surface area contributed by atoms with Crippen LogP contribution in [0.4, 0.5) is 0 Å². The van der Waals surface area contributed by atoms with E-state index in [2.05, 4.69) is 67.8 Å². The number of nitrogens with zero attached hydrogens (tertiary/aromatic N) is 2. The van der Waals surface area contributed by atoms with Gasteiger partial charge in [-0.15, -0.1) is 0 Å². The molecule has 2 aromatic carbocycles.